The maximum atomic E-state index is 11.9. The summed E-state index contributed by atoms with van der Waals surface area (Å²) in [5.41, 5.74) is 0.547. The number of carbonyl (C=O) groups is 2. The molecule has 1 N–H and O–H groups in total. The van der Waals surface area contributed by atoms with Crippen molar-refractivity contribution in [2.24, 2.45) is 5.92 Å². The minimum atomic E-state index is -0.314. The van der Waals surface area contributed by atoms with Gasteiger partial charge in [0.05, 0.1) is 0 Å². The average molecular weight is 333 g/mol. The van der Waals surface area contributed by atoms with Gasteiger partial charge in [-0.1, -0.05) is 37.3 Å². The van der Waals surface area contributed by atoms with Crippen LogP contribution in [-0.4, -0.2) is 28.5 Å². The first-order chi connectivity index (χ1) is 10.9. The zero-order chi connectivity index (χ0) is 16.8. The van der Waals surface area contributed by atoms with Crippen molar-refractivity contribution in [3.63, 3.8) is 0 Å². The summed E-state index contributed by atoms with van der Waals surface area (Å²) in [6, 6.07) is 6.73. The summed E-state index contributed by atoms with van der Waals surface area (Å²) in [5, 5.41) is 12.0. The Morgan fingerprint density at radius 2 is 2.09 bits per heavy atom. The van der Waals surface area contributed by atoms with Gasteiger partial charge in [-0.15, -0.1) is 10.2 Å². The lowest BCUT2D eigenvalue weighted by atomic mass is 10.1. The molecule has 2 rings (SSSR count). The Balaban J connectivity index is 1.86. The van der Waals surface area contributed by atoms with Gasteiger partial charge < -0.3 is 4.74 Å². The number of nitrogens with one attached hydrogen (secondary N) is 1. The zero-order valence-corrected chi connectivity index (χ0v) is 14.1. The molecule has 0 aliphatic rings. The molecule has 1 aromatic carbocycles. The standard InChI is InChI=1S/C16H19N3O3S/c1-10(2)7-15-18-19-16(23-15)17-14(21)9-22-13-6-4-5-12(8-13)11(3)20/h4-6,8,10H,7,9H2,1-3H3,(H,17,19,21). The number of ether oxygens (including phenoxy) is 1. The van der Waals surface area contributed by atoms with Gasteiger partial charge in [-0.3, -0.25) is 14.9 Å². The second-order valence-corrected chi connectivity index (χ2v) is 6.58. The van der Waals surface area contributed by atoms with Gasteiger partial charge in [0.25, 0.3) is 5.91 Å². The van der Waals surface area contributed by atoms with E-state index in [0.717, 1.165) is 11.4 Å². The average Bonchev–Trinajstić information content (AvgIpc) is 2.91. The van der Waals surface area contributed by atoms with Crippen LogP contribution in [0.3, 0.4) is 0 Å². The third-order valence-corrected chi connectivity index (χ3v) is 3.77. The molecule has 1 amide bonds. The molecule has 1 heterocycles. The third kappa shape index (κ3) is 5.45. The summed E-state index contributed by atoms with van der Waals surface area (Å²) in [6.45, 7) is 5.53. The predicted octanol–water partition coefficient (Wildman–Crippen LogP) is 2.96. The van der Waals surface area contributed by atoms with Crippen LogP contribution in [0.4, 0.5) is 5.13 Å². The topological polar surface area (TPSA) is 81.2 Å². The number of carbonyl (C=O) groups excluding carboxylic acids is 2. The molecule has 0 aliphatic carbocycles. The van der Waals surface area contributed by atoms with Crippen molar-refractivity contribution >= 4 is 28.2 Å². The molecule has 0 radical (unpaired) electrons. The molecule has 7 heteroatoms. The summed E-state index contributed by atoms with van der Waals surface area (Å²) in [4.78, 5) is 23.2. The number of Topliss-reactive ketones (excluding diaryl/α,β-unsaturated/α-hetero) is 1. The summed E-state index contributed by atoms with van der Waals surface area (Å²) in [7, 11) is 0. The molecular weight excluding hydrogens is 314 g/mol. The molecule has 0 fully saturated rings. The Kier molecular flexibility index (Phi) is 5.81. The van der Waals surface area contributed by atoms with E-state index in [1.807, 2.05) is 0 Å². The highest BCUT2D eigenvalue weighted by Crippen LogP contribution is 2.18. The zero-order valence-electron chi connectivity index (χ0n) is 13.3. The first-order valence-electron chi connectivity index (χ1n) is 7.30. The lowest BCUT2D eigenvalue weighted by Gasteiger charge is -2.06. The number of aromatic nitrogens is 2. The quantitative estimate of drug-likeness (QED) is 0.788. The molecule has 0 spiro atoms. The lowest BCUT2D eigenvalue weighted by Crippen LogP contribution is -2.20. The van der Waals surface area contributed by atoms with Gasteiger partial charge in [0, 0.05) is 12.0 Å². The van der Waals surface area contributed by atoms with Crippen LogP contribution in [0, 0.1) is 5.92 Å². The number of amides is 1. The predicted molar refractivity (Wildman–Crippen MR) is 89.0 cm³/mol. The number of rotatable bonds is 7. The number of ketones is 1. The third-order valence-electron chi connectivity index (χ3n) is 2.91. The number of nitrogens with zero attached hydrogens (tertiary/aromatic N) is 2. The molecule has 0 unspecified atom stereocenters. The largest absolute Gasteiger partial charge is 0.484 e. The van der Waals surface area contributed by atoms with E-state index in [9.17, 15) is 9.59 Å². The van der Waals surface area contributed by atoms with E-state index < -0.39 is 0 Å². The Morgan fingerprint density at radius 3 is 2.78 bits per heavy atom. The van der Waals surface area contributed by atoms with Crippen molar-refractivity contribution in [2.45, 2.75) is 27.2 Å². The normalized spacial score (nSPS) is 10.6. The molecular formula is C16H19N3O3S. The fraction of sp³-hybridized carbons (Fsp3) is 0.375. The molecule has 0 saturated carbocycles. The first-order valence-corrected chi connectivity index (χ1v) is 8.11. The minimum Gasteiger partial charge on any atom is -0.484 e. The van der Waals surface area contributed by atoms with Gasteiger partial charge in [-0.25, -0.2) is 0 Å². The van der Waals surface area contributed by atoms with Crippen LogP contribution < -0.4 is 10.1 Å². The van der Waals surface area contributed by atoms with Crippen molar-refractivity contribution in [1.82, 2.24) is 10.2 Å². The van der Waals surface area contributed by atoms with Gasteiger partial charge in [0.1, 0.15) is 10.8 Å². The SMILES string of the molecule is CC(=O)c1cccc(OCC(=O)Nc2nnc(CC(C)C)s2)c1. The van der Waals surface area contributed by atoms with Gasteiger partial charge in [-0.2, -0.15) is 0 Å². The van der Waals surface area contributed by atoms with Crippen molar-refractivity contribution in [3.8, 4) is 5.75 Å². The molecule has 122 valence electrons. The summed E-state index contributed by atoms with van der Waals surface area (Å²) in [6.07, 6.45) is 0.835. The Morgan fingerprint density at radius 1 is 1.30 bits per heavy atom. The van der Waals surface area contributed by atoms with E-state index in [1.165, 1.54) is 18.3 Å². The van der Waals surface area contributed by atoms with Gasteiger partial charge in [0.15, 0.2) is 12.4 Å². The van der Waals surface area contributed by atoms with Crippen LogP contribution in [0.5, 0.6) is 5.75 Å². The fourth-order valence-corrected chi connectivity index (χ4v) is 2.81. The Bertz CT molecular complexity index is 697. The van der Waals surface area contributed by atoms with Crippen LogP contribution in [0.25, 0.3) is 0 Å². The monoisotopic (exact) mass is 333 g/mol. The van der Waals surface area contributed by atoms with E-state index in [-0.39, 0.29) is 18.3 Å². The lowest BCUT2D eigenvalue weighted by molar-refractivity contribution is -0.118. The van der Waals surface area contributed by atoms with Gasteiger partial charge >= 0.3 is 0 Å². The van der Waals surface area contributed by atoms with E-state index in [1.54, 1.807) is 24.3 Å². The van der Waals surface area contributed by atoms with Crippen molar-refractivity contribution < 1.29 is 14.3 Å². The molecule has 2 aromatic rings. The minimum absolute atomic E-state index is 0.0496. The highest BCUT2D eigenvalue weighted by atomic mass is 32.1. The summed E-state index contributed by atoms with van der Waals surface area (Å²) in [5.74, 6) is 0.603. The summed E-state index contributed by atoms with van der Waals surface area (Å²) < 4.78 is 5.39. The van der Waals surface area contributed by atoms with E-state index in [4.69, 9.17) is 4.74 Å². The van der Waals surface area contributed by atoms with Crippen molar-refractivity contribution in [2.75, 3.05) is 11.9 Å². The van der Waals surface area contributed by atoms with Crippen LogP contribution >= 0.6 is 11.3 Å². The smallest absolute Gasteiger partial charge is 0.264 e. The van der Waals surface area contributed by atoms with Crippen LogP contribution in [-0.2, 0) is 11.2 Å². The van der Waals surface area contributed by atoms with Crippen LogP contribution in [0.2, 0.25) is 0 Å². The molecule has 0 aliphatic heterocycles. The number of hydrogen-bond acceptors (Lipinski definition) is 6. The maximum absolute atomic E-state index is 11.9. The highest BCUT2D eigenvalue weighted by Gasteiger charge is 2.10. The molecule has 1 aromatic heterocycles. The molecule has 0 bridgehead atoms. The summed E-state index contributed by atoms with van der Waals surface area (Å²) >= 11 is 1.36. The second-order valence-electron chi connectivity index (χ2n) is 5.52. The van der Waals surface area contributed by atoms with Crippen molar-refractivity contribution in [3.05, 3.63) is 34.8 Å². The molecule has 23 heavy (non-hydrogen) atoms. The first kappa shape index (κ1) is 17.1. The van der Waals surface area contributed by atoms with E-state index >= 15 is 0 Å². The van der Waals surface area contributed by atoms with Gasteiger partial charge in [-0.05, 0) is 25.0 Å². The second kappa shape index (κ2) is 7.82. The number of anilines is 1. The molecule has 6 nitrogen and oxygen atoms in total. The van der Waals surface area contributed by atoms with E-state index in [0.29, 0.717) is 22.4 Å². The number of hydrogen-bond donors (Lipinski definition) is 1. The van der Waals surface area contributed by atoms with Gasteiger partial charge in [0.2, 0.25) is 5.13 Å². The molecule has 0 saturated heterocycles. The highest BCUT2D eigenvalue weighted by molar-refractivity contribution is 7.15. The Labute approximate surface area is 138 Å². The maximum Gasteiger partial charge on any atom is 0.264 e. The molecule has 0 atom stereocenters. The van der Waals surface area contributed by atoms with Crippen LogP contribution in [0.1, 0.15) is 36.1 Å². The Hall–Kier alpha value is -2.28. The van der Waals surface area contributed by atoms with Crippen LogP contribution in [0.15, 0.2) is 24.3 Å². The fourth-order valence-electron chi connectivity index (χ4n) is 1.84. The number of benzene rings is 1. The van der Waals surface area contributed by atoms with E-state index in [2.05, 4.69) is 29.4 Å². The van der Waals surface area contributed by atoms with Crippen molar-refractivity contribution in [1.29, 1.82) is 0 Å².